The summed E-state index contributed by atoms with van der Waals surface area (Å²) in [4.78, 5) is 14.4. The molecule has 6 heteroatoms. The second kappa shape index (κ2) is 12.5. The third-order valence-electron chi connectivity index (χ3n) is 5.05. The molecule has 3 aromatic rings. The molecule has 31 heavy (non-hydrogen) atoms. The number of aromatic nitrogens is 2. The molecule has 6 nitrogen and oxygen atoms in total. The number of H-pyrrole nitrogens is 1. The molecule has 0 aliphatic rings. The monoisotopic (exact) mass is 419 g/mol. The first kappa shape index (κ1) is 22.6. The van der Waals surface area contributed by atoms with E-state index in [1.165, 1.54) is 5.56 Å². The van der Waals surface area contributed by atoms with Gasteiger partial charge < -0.3 is 19.9 Å². The Bertz CT molecular complexity index is 908. The summed E-state index contributed by atoms with van der Waals surface area (Å²) < 4.78 is 5.76. The van der Waals surface area contributed by atoms with Gasteiger partial charge in [-0.25, -0.2) is 4.98 Å². The number of aromatic amines is 1. The van der Waals surface area contributed by atoms with Crippen LogP contribution in [0.2, 0.25) is 0 Å². The second-order valence-electron chi connectivity index (χ2n) is 7.49. The summed E-state index contributed by atoms with van der Waals surface area (Å²) in [5.41, 5.74) is 3.49. The second-order valence-corrected chi connectivity index (χ2v) is 7.49. The minimum Gasteiger partial charge on any atom is -0.381 e. The van der Waals surface area contributed by atoms with Gasteiger partial charge in [-0.15, -0.1) is 0 Å². The number of guanidine groups is 1. The third-order valence-corrected chi connectivity index (χ3v) is 5.05. The van der Waals surface area contributed by atoms with E-state index >= 15 is 0 Å². The van der Waals surface area contributed by atoms with Crippen LogP contribution < -0.4 is 5.32 Å². The first-order valence-electron chi connectivity index (χ1n) is 10.9. The van der Waals surface area contributed by atoms with E-state index in [0.29, 0.717) is 6.54 Å². The van der Waals surface area contributed by atoms with Gasteiger partial charge in [-0.3, -0.25) is 4.99 Å². The Morgan fingerprint density at radius 3 is 2.52 bits per heavy atom. The number of imidazole rings is 1. The number of aliphatic imine (C=N–C) groups is 1. The van der Waals surface area contributed by atoms with Crippen LogP contribution in [0.5, 0.6) is 0 Å². The normalized spacial score (nSPS) is 11.5. The first-order valence-corrected chi connectivity index (χ1v) is 10.9. The van der Waals surface area contributed by atoms with Gasteiger partial charge >= 0.3 is 0 Å². The number of unbranched alkanes of at least 4 members (excludes halogenated alkanes) is 1. The maximum Gasteiger partial charge on any atom is 0.193 e. The summed E-state index contributed by atoms with van der Waals surface area (Å²) in [6.07, 6.45) is 4.92. The van der Waals surface area contributed by atoms with Gasteiger partial charge in [0.05, 0.1) is 25.0 Å². The minimum absolute atomic E-state index is 0.662. The molecule has 0 radical (unpaired) electrons. The number of hydrogen-bond donors (Lipinski definition) is 2. The average Bonchev–Trinajstić information content (AvgIpc) is 3.28. The SMILES string of the molecule is CN=C(NCCCCOCCc1ccccc1)N(C)Cc1ncc(-c2ccccc2)[nH]1. The van der Waals surface area contributed by atoms with Crippen LogP contribution in [0.3, 0.4) is 0 Å². The van der Waals surface area contributed by atoms with E-state index in [1.807, 2.05) is 44.6 Å². The van der Waals surface area contributed by atoms with E-state index in [0.717, 1.165) is 62.1 Å². The highest BCUT2D eigenvalue weighted by atomic mass is 16.5. The third kappa shape index (κ3) is 7.57. The van der Waals surface area contributed by atoms with Crippen molar-refractivity contribution in [2.24, 2.45) is 4.99 Å². The van der Waals surface area contributed by atoms with E-state index in [9.17, 15) is 0 Å². The van der Waals surface area contributed by atoms with E-state index in [-0.39, 0.29) is 0 Å². The summed E-state index contributed by atoms with van der Waals surface area (Å²) in [6, 6.07) is 20.7. The van der Waals surface area contributed by atoms with Gasteiger partial charge in [0.25, 0.3) is 0 Å². The van der Waals surface area contributed by atoms with E-state index < -0.39 is 0 Å². The zero-order chi connectivity index (χ0) is 21.7. The number of ether oxygens (including phenoxy) is 1. The van der Waals surface area contributed by atoms with Crippen LogP contribution in [0.15, 0.2) is 71.9 Å². The zero-order valence-electron chi connectivity index (χ0n) is 18.6. The molecule has 3 rings (SSSR count). The van der Waals surface area contributed by atoms with Crippen LogP contribution in [0.4, 0.5) is 0 Å². The van der Waals surface area contributed by atoms with E-state index in [1.54, 1.807) is 0 Å². The number of hydrogen-bond acceptors (Lipinski definition) is 3. The zero-order valence-corrected chi connectivity index (χ0v) is 18.6. The predicted molar refractivity (Wildman–Crippen MR) is 127 cm³/mol. The Kier molecular flexibility index (Phi) is 9.13. The minimum atomic E-state index is 0.662. The summed E-state index contributed by atoms with van der Waals surface area (Å²) in [7, 11) is 3.83. The van der Waals surface area contributed by atoms with Crippen molar-refractivity contribution in [3.8, 4) is 11.3 Å². The fourth-order valence-corrected chi connectivity index (χ4v) is 3.36. The lowest BCUT2D eigenvalue weighted by molar-refractivity contribution is 0.133. The highest BCUT2D eigenvalue weighted by Crippen LogP contribution is 2.16. The van der Waals surface area contributed by atoms with Crippen molar-refractivity contribution in [1.82, 2.24) is 20.2 Å². The Morgan fingerprint density at radius 2 is 1.77 bits per heavy atom. The van der Waals surface area contributed by atoms with Gasteiger partial charge in [-0.2, -0.15) is 0 Å². The number of benzene rings is 2. The summed E-state index contributed by atoms with van der Waals surface area (Å²) in [5, 5.41) is 3.42. The largest absolute Gasteiger partial charge is 0.381 e. The Morgan fingerprint density at radius 1 is 1.03 bits per heavy atom. The lowest BCUT2D eigenvalue weighted by Crippen LogP contribution is -2.39. The van der Waals surface area contributed by atoms with Crippen molar-refractivity contribution in [1.29, 1.82) is 0 Å². The summed E-state index contributed by atoms with van der Waals surface area (Å²) in [6.45, 7) is 3.09. The van der Waals surface area contributed by atoms with Gasteiger partial charge in [-0.1, -0.05) is 60.7 Å². The number of nitrogens with one attached hydrogen (secondary N) is 2. The highest BCUT2D eigenvalue weighted by molar-refractivity contribution is 5.79. The number of rotatable bonds is 11. The van der Waals surface area contributed by atoms with Gasteiger partial charge in [0.1, 0.15) is 5.82 Å². The van der Waals surface area contributed by atoms with Crippen LogP contribution in [-0.4, -0.2) is 54.7 Å². The van der Waals surface area contributed by atoms with Crippen molar-refractivity contribution in [2.75, 3.05) is 33.9 Å². The molecule has 2 N–H and O–H groups in total. The Balaban J connectivity index is 1.31. The molecule has 0 fully saturated rings. The van der Waals surface area contributed by atoms with Crippen LogP contribution in [0, 0.1) is 0 Å². The molecule has 0 amide bonds. The van der Waals surface area contributed by atoms with Crippen LogP contribution in [0.25, 0.3) is 11.3 Å². The van der Waals surface area contributed by atoms with E-state index in [4.69, 9.17) is 4.74 Å². The summed E-state index contributed by atoms with van der Waals surface area (Å²) in [5.74, 6) is 1.78. The van der Waals surface area contributed by atoms with Gasteiger partial charge in [-0.05, 0) is 30.4 Å². The molecule has 0 aliphatic carbocycles. The highest BCUT2D eigenvalue weighted by Gasteiger charge is 2.09. The van der Waals surface area contributed by atoms with Gasteiger partial charge in [0.2, 0.25) is 0 Å². The molecule has 0 bridgehead atoms. The Labute approximate surface area is 185 Å². The first-order chi connectivity index (χ1) is 15.3. The number of nitrogens with zero attached hydrogens (tertiary/aromatic N) is 3. The standard InChI is InChI=1S/C25H33N5O/c1-26-25(27-16-9-10-17-31-18-15-21-11-5-3-6-12-21)30(2)20-24-28-19-23(29-24)22-13-7-4-8-14-22/h3-8,11-14,19H,9-10,15-18,20H2,1-2H3,(H,26,27)(H,28,29). The molecule has 1 heterocycles. The molecule has 0 aliphatic heterocycles. The van der Waals surface area contributed by atoms with Crippen LogP contribution >= 0.6 is 0 Å². The molecule has 0 spiro atoms. The lowest BCUT2D eigenvalue weighted by Gasteiger charge is -2.21. The molecular formula is C25H33N5O. The maximum absolute atomic E-state index is 5.76. The molecule has 2 aromatic carbocycles. The fourth-order valence-electron chi connectivity index (χ4n) is 3.36. The molecule has 1 aromatic heterocycles. The molecular weight excluding hydrogens is 386 g/mol. The summed E-state index contributed by atoms with van der Waals surface area (Å²) >= 11 is 0. The molecule has 0 saturated heterocycles. The van der Waals surface area contributed by atoms with Crippen molar-refractivity contribution in [3.63, 3.8) is 0 Å². The topological polar surface area (TPSA) is 65.5 Å². The van der Waals surface area contributed by atoms with Gasteiger partial charge in [0, 0.05) is 27.2 Å². The maximum atomic E-state index is 5.76. The van der Waals surface area contributed by atoms with Crippen molar-refractivity contribution in [2.45, 2.75) is 25.8 Å². The van der Waals surface area contributed by atoms with E-state index in [2.05, 4.69) is 61.6 Å². The van der Waals surface area contributed by atoms with Crippen LogP contribution in [-0.2, 0) is 17.7 Å². The molecule has 0 unspecified atom stereocenters. The smallest absolute Gasteiger partial charge is 0.193 e. The molecule has 0 saturated carbocycles. The van der Waals surface area contributed by atoms with Crippen molar-refractivity contribution < 1.29 is 4.74 Å². The van der Waals surface area contributed by atoms with Crippen molar-refractivity contribution >= 4 is 5.96 Å². The molecule has 164 valence electrons. The predicted octanol–water partition coefficient (Wildman–Crippen LogP) is 4.12. The molecule has 0 atom stereocenters. The van der Waals surface area contributed by atoms with Crippen LogP contribution in [0.1, 0.15) is 24.2 Å². The lowest BCUT2D eigenvalue weighted by atomic mass is 10.2. The van der Waals surface area contributed by atoms with Crippen molar-refractivity contribution in [3.05, 3.63) is 78.2 Å². The Hall–Kier alpha value is -3.12. The van der Waals surface area contributed by atoms with Gasteiger partial charge in [0.15, 0.2) is 5.96 Å². The average molecular weight is 420 g/mol. The quantitative estimate of drug-likeness (QED) is 0.279. The fraction of sp³-hybridized carbons (Fsp3) is 0.360.